The lowest BCUT2D eigenvalue weighted by molar-refractivity contribution is -0.194. The van der Waals surface area contributed by atoms with Crippen LogP contribution in [0.5, 0.6) is 0 Å². The van der Waals surface area contributed by atoms with Crippen LogP contribution in [-0.4, -0.2) is 43.6 Å². The molecule has 0 aliphatic carbocycles. The van der Waals surface area contributed by atoms with Gasteiger partial charge in [0.2, 0.25) is 0 Å². The summed E-state index contributed by atoms with van der Waals surface area (Å²) in [6, 6.07) is 4.05. The number of carbonyl (C=O) groups is 2. The van der Waals surface area contributed by atoms with Crippen LogP contribution < -0.4 is 0 Å². The number of nitrogens with zero attached hydrogens (tertiary/aromatic N) is 4. The maximum Gasteiger partial charge on any atom is 0.416 e. The molecule has 0 N–H and O–H groups in total. The second kappa shape index (κ2) is 8.75. The van der Waals surface area contributed by atoms with Crippen molar-refractivity contribution in [2.24, 2.45) is 0 Å². The SMILES string of the molecule is CC1C(=O)O[C@@](Cn2cncn2)(c2ccc(F)cc2F)[C@@H](C)N1C(=O)c1ccc(C(F)(F)F)cc1. The van der Waals surface area contributed by atoms with Gasteiger partial charge in [0.15, 0.2) is 5.60 Å². The summed E-state index contributed by atoms with van der Waals surface area (Å²) in [6.45, 7) is 2.62. The Balaban J connectivity index is 1.81. The molecule has 7 nitrogen and oxygen atoms in total. The van der Waals surface area contributed by atoms with Crippen LogP contribution in [0.2, 0.25) is 0 Å². The fourth-order valence-electron chi connectivity index (χ4n) is 4.24. The summed E-state index contributed by atoms with van der Waals surface area (Å²) < 4.78 is 74.6. The maximum atomic E-state index is 15.0. The van der Waals surface area contributed by atoms with Gasteiger partial charge in [-0.25, -0.2) is 23.2 Å². The minimum atomic E-state index is -4.59. The third-order valence-electron chi connectivity index (χ3n) is 6.08. The highest BCUT2D eigenvalue weighted by molar-refractivity contribution is 5.97. The molecular weight excluding hydrogens is 475 g/mol. The van der Waals surface area contributed by atoms with Crippen molar-refractivity contribution in [2.75, 3.05) is 0 Å². The van der Waals surface area contributed by atoms with Crippen LogP contribution in [0.3, 0.4) is 0 Å². The lowest BCUT2D eigenvalue weighted by Gasteiger charge is -2.50. The molecule has 184 valence electrons. The lowest BCUT2D eigenvalue weighted by atomic mass is 9.82. The van der Waals surface area contributed by atoms with Gasteiger partial charge in [0.1, 0.15) is 30.3 Å². The summed E-state index contributed by atoms with van der Waals surface area (Å²) in [5.74, 6) is -3.52. The van der Waals surface area contributed by atoms with Gasteiger partial charge < -0.3 is 9.64 Å². The topological polar surface area (TPSA) is 77.3 Å². The zero-order chi connectivity index (χ0) is 25.5. The van der Waals surface area contributed by atoms with Crippen molar-refractivity contribution in [3.63, 3.8) is 0 Å². The molecule has 0 saturated carbocycles. The first-order valence-corrected chi connectivity index (χ1v) is 10.4. The highest BCUT2D eigenvalue weighted by Gasteiger charge is 2.55. The van der Waals surface area contributed by atoms with Gasteiger partial charge in [-0.2, -0.15) is 18.3 Å². The number of hydrogen-bond donors (Lipinski definition) is 0. The van der Waals surface area contributed by atoms with Gasteiger partial charge in [-0.3, -0.25) is 4.79 Å². The number of esters is 1. The molecular formula is C23H19F5N4O3. The Labute approximate surface area is 196 Å². The van der Waals surface area contributed by atoms with Gasteiger partial charge >= 0.3 is 12.1 Å². The summed E-state index contributed by atoms with van der Waals surface area (Å²) in [7, 11) is 0. The van der Waals surface area contributed by atoms with Crippen LogP contribution in [0.4, 0.5) is 22.0 Å². The normalized spacial score (nSPS) is 22.7. The van der Waals surface area contributed by atoms with E-state index in [1.807, 2.05) is 0 Å². The van der Waals surface area contributed by atoms with Gasteiger partial charge in [-0.15, -0.1) is 0 Å². The molecule has 1 fully saturated rings. The lowest BCUT2D eigenvalue weighted by Crippen LogP contribution is -2.65. The fraction of sp³-hybridized carbons (Fsp3) is 0.304. The predicted molar refractivity (Wildman–Crippen MR) is 111 cm³/mol. The molecule has 1 saturated heterocycles. The number of amides is 1. The second-order valence-corrected chi connectivity index (χ2v) is 8.17. The number of carbonyl (C=O) groups excluding carboxylic acids is 2. The molecule has 1 unspecified atom stereocenters. The smallest absolute Gasteiger partial charge is 0.416 e. The van der Waals surface area contributed by atoms with E-state index in [0.29, 0.717) is 6.07 Å². The molecule has 1 aliphatic rings. The number of halogens is 5. The van der Waals surface area contributed by atoms with Crippen LogP contribution >= 0.6 is 0 Å². The number of rotatable bonds is 4. The molecule has 12 heteroatoms. The van der Waals surface area contributed by atoms with Crippen molar-refractivity contribution in [3.05, 3.63) is 83.4 Å². The van der Waals surface area contributed by atoms with E-state index in [1.165, 1.54) is 31.2 Å². The Morgan fingerprint density at radius 2 is 1.80 bits per heavy atom. The van der Waals surface area contributed by atoms with Gasteiger partial charge in [0.05, 0.1) is 18.2 Å². The Morgan fingerprint density at radius 3 is 2.37 bits per heavy atom. The molecule has 1 amide bonds. The van der Waals surface area contributed by atoms with Gasteiger partial charge in [0.25, 0.3) is 5.91 Å². The molecule has 0 radical (unpaired) electrons. The maximum absolute atomic E-state index is 15.0. The minimum Gasteiger partial charge on any atom is -0.448 e. The van der Waals surface area contributed by atoms with Crippen LogP contribution in [0.25, 0.3) is 0 Å². The second-order valence-electron chi connectivity index (χ2n) is 8.17. The summed E-state index contributed by atoms with van der Waals surface area (Å²) in [5.41, 5.74) is -3.11. The number of aromatic nitrogens is 3. The molecule has 3 atom stereocenters. The van der Waals surface area contributed by atoms with Crippen molar-refractivity contribution in [2.45, 2.75) is 44.3 Å². The van der Waals surface area contributed by atoms with E-state index in [2.05, 4.69) is 10.1 Å². The van der Waals surface area contributed by atoms with Gasteiger partial charge in [-0.05, 0) is 50.2 Å². The van der Waals surface area contributed by atoms with E-state index >= 15 is 4.39 Å². The Bertz CT molecular complexity index is 1250. The average molecular weight is 494 g/mol. The Hall–Kier alpha value is -3.83. The molecule has 2 heterocycles. The van der Waals surface area contributed by atoms with Crippen molar-refractivity contribution < 1.29 is 36.3 Å². The van der Waals surface area contributed by atoms with E-state index in [1.54, 1.807) is 0 Å². The molecule has 2 aromatic carbocycles. The molecule has 1 aliphatic heterocycles. The highest BCUT2D eigenvalue weighted by Crippen LogP contribution is 2.41. The van der Waals surface area contributed by atoms with Crippen LogP contribution in [-0.2, 0) is 27.9 Å². The number of cyclic esters (lactones) is 1. The zero-order valence-corrected chi connectivity index (χ0v) is 18.5. The van der Waals surface area contributed by atoms with Crippen LogP contribution in [0.15, 0.2) is 55.1 Å². The van der Waals surface area contributed by atoms with Crippen molar-refractivity contribution in [3.8, 4) is 0 Å². The van der Waals surface area contributed by atoms with E-state index in [4.69, 9.17) is 4.74 Å². The van der Waals surface area contributed by atoms with Gasteiger partial charge in [0, 0.05) is 17.2 Å². The molecule has 0 spiro atoms. The van der Waals surface area contributed by atoms with Crippen LogP contribution in [0, 0.1) is 11.6 Å². The Morgan fingerprint density at radius 1 is 1.11 bits per heavy atom. The highest BCUT2D eigenvalue weighted by atomic mass is 19.4. The summed E-state index contributed by atoms with van der Waals surface area (Å²) in [4.78, 5) is 31.3. The Kier molecular flexibility index (Phi) is 6.07. The number of morpholine rings is 1. The summed E-state index contributed by atoms with van der Waals surface area (Å²) in [5, 5.41) is 3.98. The number of ether oxygens (including phenoxy) is 1. The minimum absolute atomic E-state index is 0.111. The van der Waals surface area contributed by atoms with Crippen molar-refractivity contribution >= 4 is 11.9 Å². The van der Waals surface area contributed by atoms with E-state index < -0.39 is 52.9 Å². The fourth-order valence-corrected chi connectivity index (χ4v) is 4.24. The van der Waals surface area contributed by atoms with Gasteiger partial charge in [-0.1, -0.05) is 0 Å². The van der Waals surface area contributed by atoms with E-state index in [9.17, 15) is 27.2 Å². The molecule has 4 rings (SSSR count). The monoisotopic (exact) mass is 494 g/mol. The van der Waals surface area contributed by atoms with Crippen molar-refractivity contribution in [1.82, 2.24) is 19.7 Å². The standard InChI is InChI=1S/C23H19F5N4O3/c1-13-21(34)35-22(10-31-12-29-11-30-31,18-8-7-17(24)9-19(18)25)14(2)32(13)20(33)15-3-5-16(6-4-15)23(26,27)28/h3-9,11-14H,10H2,1-2H3/t13?,14-,22-/m1/s1. The van der Waals surface area contributed by atoms with Crippen LogP contribution in [0.1, 0.15) is 35.3 Å². The summed E-state index contributed by atoms with van der Waals surface area (Å²) >= 11 is 0. The quantitative estimate of drug-likeness (QED) is 0.406. The average Bonchev–Trinajstić information content (AvgIpc) is 3.30. The third-order valence-corrected chi connectivity index (χ3v) is 6.08. The largest absolute Gasteiger partial charge is 0.448 e. The first-order valence-electron chi connectivity index (χ1n) is 10.4. The van der Waals surface area contributed by atoms with E-state index in [0.717, 1.165) is 41.3 Å². The molecule has 0 bridgehead atoms. The summed E-state index contributed by atoms with van der Waals surface area (Å²) in [6.07, 6.45) is -2.09. The van der Waals surface area contributed by atoms with E-state index in [-0.39, 0.29) is 17.7 Å². The first kappa shape index (κ1) is 24.3. The third kappa shape index (κ3) is 4.35. The first-order chi connectivity index (χ1) is 16.4. The zero-order valence-electron chi connectivity index (χ0n) is 18.5. The molecule has 3 aromatic rings. The number of benzene rings is 2. The number of alkyl halides is 3. The van der Waals surface area contributed by atoms with Crippen molar-refractivity contribution in [1.29, 1.82) is 0 Å². The molecule has 1 aromatic heterocycles. The predicted octanol–water partition coefficient (Wildman–Crippen LogP) is 3.95. The number of hydrogen-bond acceptors (Lipinski definition) is 5. The molecule has 35 heavy (non-hydrogen) atoms.